The maximum atomic E-state index is 11.8. The molecule has 0 spiro atoms. The lowest BCUT2D eigenvalue weighted by molar-refractivity contribution is -0.123. The standard InChI is InChI=1S/C13H9ClN2O3/c1-19-6-2-3-9-7(4-6)8(5-15-9)10-11(14)13(18)16-12(10)17/h2-5,15H,1H3,(H,16,17,18). The SMILES string of the molecule is COc1ccc2[nH]cc(C3=C(Cl)C(=O)NC3=O)c2c1. The molecule has 1 aromatic carbocycles. The molecule has 0 bridgehead atoms. The van der Waals surface area contributed by atoms with E-state index >= 15 is 0 Å². The van der Waals surface area contributed by atoms with Gasteiger partial charge in [0.1, 0.15) is 10.8 Å². The summed E-state index contributed by atoms with van der Waals surface area (Å²) in [5.41, 5.74) is 1.60. The Morgan fingerprint density at radius 1 is 1.21 bits per heavy atom. The zero-order valence-electron chi connectivity index (χ0n) is 9.91. The molecule has 0 aliphatic carbocycles. The lowest BCUT2D eigenvalue weighted by atomic mass is 10.1. The van der Waals surface area contributed by atoms with Crippen LogP contribution in [0.3, 0.4) is 0 Å². The largest absolute Gasteiger partial charge is 0.497 e. The summed E-state index contributed by atoms with van der Waals surface area (Å²) in [5.74, 6) is -0.396. The van der Waals surface area contributed by atoms with E-state index in [1.807, 2.05) is 6.07 Å². The van der Waals surface area contributed by atoms with Gasteiger partial charge in [0.2, 0.25) is 0 Å². The lowest BCUT2D eigenvalue weighted by Gasteiger charge is -2.01. The number of aromatic nitrogens is 1. The van der Waals surface area contributed by atoms with Crippen LogP contribution in [0.25, 0.3) is 16.5 Å². The number of H-pyrrole nitrogens is 1. The minimum Gasteiger partial charge on any atom is -0.497 e. The molecule has 0 radical (unpaired) electrons. The molecule has 0 unspecified atom stereocenters. The molecular formula is C13H9ClN2O3. The van der Waals surface area contributed by atoms with Crippen molar-refractivity contribution in [3.63, 3.8) is 0 Å². The second-order valence-electron chi connectivity index (χ2n) is 4.09. The zero-order valence-corrected chi connectivity index (χ0v) is 10.7. The van der Waals surface area contributed by atoms with Gasteiger partial charge in [-0.1, -0.05) is 11.6 Å². The van der Waals surface area contributed by atoms with Gasteiger partial charge in [-0.2, -0.15) is 0 Å². The van der Waals surface area contributed by atoms with Crippen molar-refractivity contribution in [3.05, 3.63) is 35.0 Å². The van der Waals surface area contributed by atoms with Crippen molar-refractivity contribution in [2.75, 3.05) is 7.11 Å². The first-order valence-electron chi connectivity index (χ1n) is 5.52. The van der Waals surface area contributed by atoms with Crippen LogP contribution < -0.4 is 10.1 Å². The monoisotopic (exact) mass is 276 g/mol. The van der Waals surface area contributed by atoms with Gasteiger partial charge in [-0.05, 0) is 18.2 Å². The molecule has 5 nitrogen and oxygen atoms in total. The summed E-state index contributed by atoms with van der Waals surface area (Å²) in [7, 11) is 1.56. The fraction of sp³-hybridized carbons (Fsp3) is 0.0769. The molecule has 0 saturated carbocycles. The van der Waals surface area contributed by atoms with E-state index < -0.39 is 11.8 Å². The first-order chi connectivity index (χ1) is 9.11. The fourth-order valence-electron chi connectivity index (χ4n) is 2.11. The number of fused-ring (bicyclic) bond motifs is 1. The smallest absolute Gasteiger partial charge is 0.270 e. The first kappa shape index (κ1) is 11.8. The summed E-state index contributed by atoms with van der Waals surface area (Å²) in [5, 5.41) is 2.86. The van der Waals surface area contributed by atoms with Crippen LogP contribution in [0, 0.1) is 0 Å². The highest BCUT2D eigenvalue weighted by Gasteiger charge is 2.31. The number of hydrogen-bond acceptors (Lipinski definition) is 3. The highest BCUT2D eigenvalue weighted by molar-refractivity contribution is 6.55. The summed E-state index contributed by atoms with van der Waals surface area (Å²) < 4.78 is 5.15. The predicted molar refractivity (Wildman–Crippen MR) is 70.8 cm³/mol. The third kappa shape index (κ3) is 1.70. The Morgan fingerprint density at radius 2 is 2.00 bits per heavy atom. The number of ether oxygens (including phenoxy) is 1. The molecule has 2 heterocycles. The second-order valence-corrected chi connectivity index (χ2v) is 4.46. The minimum atomic E-state index is -0.570. The molecule has 2 N–H and O–H groups in total. The second kappa shape index (κ2) is 4.13. The Morgan fingerprint density at radius 3 is 2.63 bits per heavy atom. The van der Waals surface area contributed by atoms with Crippen LogP contribution in [-0.2, 0) is 9.59 Å². The van der Waals surface area contributed by atoms with Gasteiger partial charge in [0, 0.05) is 22.7 Å². The Kier molecular flexibility index (Phi) is 2.57. The number of imide groups is 1. The molecule has 0 fully saturated rings. The van der Waals surface area contributed by atoms with E-state index in [-0.39, 0.29) is 10.6 Å². The first-order valence-corrected chi connectivity index (χ1v) is 5.90. The molecule has 6 heteroatoms. The van der Waals surface area contributed by atoms with Gasteiger partial charge in [-0.15, -0.1) is 0 Å². The van der Waals surface area contributed by atoms with Crippen molar-refractivity contribution in [3.8, 4) is 5.75 Å². The van der Waals surface area contributed by atoms with Crippen LogP contribution >= 0.6 is 11.6 Å². The normalized spacial score (nSPS) is 15.3. The van der Waals surface area contributed by atoms with Crippen molar-refractivity contribution in [1.29, 1.82) is 0 Å². The van der Waals surface area contributed by atoms with Crippen molar-refractivity contribution in [1.82, 2.24) is 10.3 Å². The number of nitrogens with one attached hydrogen (secondary N) is 2. The van der Waals surface area contributed by atoms with E-state index in [2.05, 4.69) is 10.3 Å². The molecule has 0 saturated heterocycles. The van der Waals surface area contributed by atoms with Crippen LogP contribution in [0.4, 0.5) is 0 Å². The number of carbonyl (C=O) groups is 2. The van der Waals surface area contributed by atoms with Gasteiger partial charge in [0.05, 0.1) is 12.7 Å². The number of benzene rings is 1. The van der Waals surface area contributed by atoms with Crippen molar-refractivity contribution in [2.45, 2.75) is 0 Å². The Balaban J connectivity index is 2.26. The average molecular weight is 277 g/mol. The lowest BCUT2D eigenvalue weighted by Crippen LogP contribution is -2.22. The molecule has 2 amide bonds. The predicted octanol–water partition coefficient (Wildman–Crippen LogP) is 1.78. The van der Waals surface area contributed by atoms with E-state index in [1.54, 1.807) is 25.4 Å². The molecule has 2 aromatic rings. The van der Waals surface area contributed by atoms with E-state index in [0.29, 0.717) is 11.3 Å². The quantitative estimate of drug-likeness (QED) is 0.822. The molecule has 1 aliphatic rings. The minimum absolute atomic E-state index is 0.0891. The molecule has 19 heavy (non-hydrogen) atoms. The Hall–Kier alpha value is -2.27. The van der Waals surface area contributed by atoms with E-state index in [4.69, 9.17) is 16.3 Å². The van der Waals surface area contributed by atoms with E-state index in [0.717, 1.165) is 10.9 Å². The van der Waals surface area contributed by atoms with Gasteiger partial charge in [0.15, 0.2) is 0 Å². The van der Waals surface area contributed by atoms with Gasteiger partial charge in [0.25, 0.3) is 11.8 Å². The highest BCUT2D eigenvalue weighted by atomic mass is 35.5. The zero-order chi connectivity index (χ0) is 13.6. The van der Waals surface area contributed by atoms with Crippen LogP contribution in [0.15, 0.2) is 29.4 Å². The summed E-state index contributed by atoms with van der Waals surface area (Å²) in [6, 6.07) is 5.42. The molecule has 96 valence electrons. The summed E-state index contributed by atoms with van der Waals surface area (Å²) >= 11 is 5.89. The summed E-state index contributed by atoms with van der Waals surface area (Å²) in [4.78, 5) is 26.2. The number of aromatic amines is 1. The number of rotatable bonds is 2. The van der Waals surface area contributed by atoms with Crippen molar-refractivity contribution >= 4 is 39.9 Å². The number of methoxy groups -OCH3 is 1. The molecule has 1 aromatic heterocycles. The van der Waals surface area contributed by atoms with Crippen molar-refractivity contribution in [2.24, 2.45) is 0 Å². The van der Waals surface area contributed by atoms with Gasteiger partial charge >= 0.3 is 0 Å². The molecule has 3 rings (SSSR count). The van der Waals surface area contributed by atoms with Gasteiger partial charge in [-0.3, -0.25) is 14.9 Å². The fourth-order valence-corrected chi connectivity index (χ4v) is 2.34. The van der Waals surface area contributed by atoms with Crippen LogP contribution in [0.1, 0.15) is 5.56 Å². The van der Waals surface area contributed by atoms with Crippen LogP contribution in [-0.4, -0.2) is 23.9 Å². The van der Waals surface area contributed by atoms with Gasteiger partial charge < -0.3 is 9.72 Å². The van der Waals surface area contributed by atoms with Gasteiger partial charge in [-0.25, -0.2) is 0 Å². The van der Waals surface area contributed by atoms with Crippen molar-refractivity contribution < 1.29 is 14.3 Å². The maximum absolute atomic E-state index is 11.8. The number of carbonyl (C=O) groups excluding carboxylic acids is 2. The number of hydrogen-bond donors (Lipinski definition) is 2. The van der Waals surface area contributed by atoms with Crippen LogP contribution in [0.5, 0.6) is 5.75 Å². The number of amides is 2. The number of halogens is 1. The third-order valence-corrected chi connectivity index (χ3v) is 3.39. The molecule has 0 atom stereocenters. The van der Waals surface area contributed by atoms with E-state index in [9.17, 15) is 9.59 Å². The third-order valence-electron chi connectivity index (χ3n) is 3.03. The molecular weight excluding hydrogens is 268 g/mol. The van der Waals surface area contributed by atoms with E-state index in [1.165, 1.54) is 0 Å². The highest BCUT2D eigenvalue weighted by Crippen LogP contribution is 2.33. The molecule has 1 aliphatic heterocycles. The average Bonchev–Trinajstić information content (AvgIpc) is 2.91. The topological polar surface area (TPSA) is 71.2 Å². The summed E-state index contributed by atoms with van der Waals surface area (Å²) in [6.07, 6.45) is 1.65. The maximum Gasteiger partial charge on any atom is 0.270 e. The van der Waals surface area contributed by atoms with Crippen LogP contribution in [0.2, 0.25) is 0 Å². The summed E-state index contributed by atoms with van der Waals surface area (Å²) in [6.45, 7) is 0. The Bertz CT molecular complexity index is 745. The Labute approximate surface area is 113 Å².